The third-order valence-corrected chi connectivity index (χ3v) is 3.97. The minimum atomic E-state index is -1.01. The molecule has 0 saturated heterocycles. The van der Waals surface area contributed by atoms with Crippen molar-refractivity contribution in [2.75, 3.05) is 6.61 Å². The molecule has 19 heavy (non-hydrogen) atoms. The maximum absolute atomic E-state index is 11.5. The lowest BCUT2D eigenvalue weighted by atomic mass is 9.98. The number of carboxylic acid groups (broad SMARTS) is 1. The summed E-state index contributed by atoms with van der Waals surface area (Å²) in [6.07, 6.45) is 0.578. The molecule has 0 spiro atoms. The van der Waals surface area contributed by atoms with Gasteiger partial charge in [0.2, 0.25) is 0 Å². The van der Waals surface area contributed by atoms with Crippen molar-refractivity contribution in [3.63, 3.8) is 0 Å². The fourth-order valence-electron chi connectivity index (χ4n) is 2.31. The van der Waals surface area contributed by atoms with Gasteiger partial charge in [-0.05, 0) is 6.07 Å². The zero-order chi connectivity index (χ0) is 13.6. The second-order valence-electron chi connectivity index (χ2n) is 4.28. The summed E-state index contributed by atoms with van der Waals surface area (Å²) < 4.78 is 5.33. The van der Waals surface area contributed by atoms with Crippen molar-refractivity contribution < 1.29 is 14.6 Å². The van der Waals surface area contributed by atoms with Crippen molar-refractivity contribution in [2.45, 2.75) is 13.0 Å². The molecule has 0 atom stereocenters. The number of rotatable bonds is 1. The molecule has 0 fully saturated rings. The van der Waals surface area contributed by atoms with Crippen LogP contribution in [0.3, 0.4) is 0 Å². The van der Waals surface area contributed by atoms with E-state index in [0.29, 0.717) is 34.5 Å². The van der Waals surface area contributed by atoms with Crippen LogP contribution in [0.2, 0.25) is 10.0 Å². The Morgan fingerprint density at radius 1 is 1.37 bits per heavy atom. The number of benzene rings is 1. The fourth-order valence-corrected chi connectivity index (χ4v) is 2.67. The number of carbonyl (C=O) groups is 1. The average Bonchev–Trinajstić information content (AvgIpc) is 2.40. The number of carboxylic acids is 1. The van der Waals surface area contributed by atoms with Crippen molar-refractivity contribution in [3.05, 3.63) is 39.0 Å². The van der Waals surface area contributed by atoms with Crippen LogP contribution in [-0.2, 0) is 17.8 Å². The third kappa shape index (κ3) is 1.96. The number of ether oxygens (including phenoxy) is 1. The maximum Gasteiger partial charge on any atom is 0.336 e. The van der Waals surface area contributed by atoms with E-state index in [-0.39, 0.29) is 17.2 Å². The normalized spacial score (nSPS) is 14.4. The van der Waals surface area contributed by atoms with Crippen LogP contribution < -0.4 is 0 Å². The Bertz CT molecular complexity index is 700. The molecule has 1 aliphatic heterocycles. The van der Waals surface area contributed by atoms with Crippen LogP contribution in [0.4, 0.5) is 0 Å². The zero-order valence-electron chi connectivity index (χ0n) is 9.74. The molecule has 4 nitrogen and oxygen atoms in total. The summed E-state index contributed by atoms with van der Waals surface area (Å²) in [5.74, 6) is -1.01. The molecule has 0 saturated carbocycles. The Morgan fingerprint density at radius 2 is 2.16 bits per heavy atom. The van der Waals surface area contributed by atoms with Gasteiger partial charge in [-0.15, -0.1) is 0 Å². The lowest BCUT2D eigenvalue weighted by molar-refractivity contribution is 0.0683. The number of aromatic carboxylic acids is 1. The van der Waals surface area contributed by atoms with E-state index in [1.807, 2.05) is 0 Å². The minimum absolute atomic E-state index is 0.207. The molecular formula is C13H9Cl2NO3. The molecule has 0 unspecified atom stereocenters. The zero-order valence-corrected chi connectivity index (χ0v) is 11.3. The number of hydrogen-bond acceptors (Lipinski definition) is 3. The first-order valence-corrected chi connectivity index (χ1v) is 6.45. The summed E-state index contributed by atoms with van der Waals surface area (Å²) in [4.78, 5) is 16.0. The number of aromatic nitrogens is 1. The van der Waals surface area contributed by atoms with Gasteiger partial charge in [0.25, 0.3) is 0 Å². The highest BCUT2D eigenvalue weighted by Crippen LogP contribution is 2.34. The van der Waals surface area contributed by atoms with E-state index in [2.05, 4.69) is 4.98 Å². The van der Waals surface area contributed by atoms with Crippen molar-refractivity contribution in [3.8, 4) is 0 Å². The summed E-state index contributed by atoms with van der Waals surface area (Å²) >= 11 is 12.1. The SMILES string of the molecule is O=C(O)c1c2c(nc3c(Cl)c(Cl)ccc13)CCOC2. The maximum atomic E-state index is 11.5. The van der Waals surface area contributed by atoms with Crippen LogP contribution in [-0.4, -0.2) is 22.7 Å². The van der Waals surface area contributed by atoms with Gasteiger partial charge in [-0.25, -0.2) is 4.79 Å². The van der Waals surface area contributed by atoms with Crippen molar-refractivity contribution in [1.29, 1.82) is 0 Å². The van der Waals surface area contributed by atoms with Crippen LogP contribution in [0.25, 0.3) is 10.9 Å². The van der Waals surface area contributed by atoms with Crippen LogP contribution >= 0.6 is 23.2 Å². The summed E-state index contributed by atoms with van der Waals surface area (Å²) in [5.41, 5.74) is 2.00. The predicted molar refractivity (Wildman–Crippen MR) is 72.1 cm³/mol. The molecule has 0 aliphatic carbocycles. The first kappa shape index (κ1) is 12.7. The van der Waals surface area contributed by atoms with Crippen LogP contribution in [0.1, 0.15) is 21.6 Å². The molecule has 1 aliphatic rings. The van der Waals surface area contributed by atoms with Gasteiger partial charge < -0.3 is 9.84 Å². The van der Waals surface area contributed by atoms with Gasteiger partial charge in [0.15, 0.2) is 0 Å². The minimum Gasteiger partial charge on any atom is -0.478 e. The quantitative estimate of drug-likeness (QED) is 0.877. The van der Waals surface area contributed by atoms with Gasteiger partial charge in [-0.1, -0.05) is 29.3 Å². The summed E-state index contributed by atoms with van der Waals surface area (Å²) in [6.45, 7) is 0.795. The van der Waals surface area contributed by atoms with E-state index >= 15 is 0 Å². The Hall–Kier alpha value is -1.36. The summed E-state index contributed by atoms with van der Waals surface area (Å²) in [6, 6.07) is 3.21. The number of fused-ring (bicyclic) bond motifs is 2. The first-order valence-electron chi connectivity index (χ1n) is 5.70. The number of pyridine rings is 1. The molecule has 0 radical (unpaired) electrons. The van der Waals surface area contributed by atoms with Gasteiger partial charge in [-0.3, -0.25) is 4.98 Å². The Kier molecular flexibility index (Phi) is 3.09. The van der Waals surface area contributed by atoms with Gasteiger partial charge in [0.05, 0.1) is 34.3 Å². The largest absolute Gasteiger partial charge is 0.478 e. The monoisotopic (exact) mass is 297 g/mol. The van der Waals surface area contributed by atoms with E-state index in [4.69, 9.17) is 27.9 Å². The standard InChI is InChI=1S/C13H9Cl2NO3/c14-8-2-1-6-10(13(17)18)7-5-19-4-3-9(7)16-12(6)11(8)15/h1-2H,3-5H2,(H,17,18). The Morgan fingerprint density at radius 3 is 2.89 bits per heavy atom. The Balaban J connectivity index is 2.45. The second kappa shape index (κ2) is 4.63. The predicted octanol–water partition coefficient (Wildman–Crippen LogP) is 3.31. The highest BCUT2D eigenvalue weighted by molar-refractivity contribution is 6.45. The molecule has 3 rings (SSSR count). The van der Waals surface area contributed by atoms with Crippen LogP contribution in [0, 0.1) is 0 Å². The topological polar surface area (TPSA) is 59.4 Å². The average molecular weight is 298 g/mol. The lowest BCUT2D eigenvalue weighted by Gasteiger charge is -2.19. The fraction of sp³-hybridized carbons (Fsp3) is 0.231. The smallest absolute Gasteiger partial charge is 0.336 e. The molecule has 1 aromatic carbocycles. The molecular weight excluding hydrogens is 289 g/mol. The number of nitrogens with zero attached hydrogens (tertiary/aromatic N) is 1. The van der Waals surface area contributed by atoms with E-state index in [1.165, 1.54) is 0 Å². The van der Waals surface area contributed by atoms with E-state index in [9.17, 15) is 9.90 Å². The van der Waals surface area contributed by atoms with Crippen molar-refractivity contribution in [1.82, 2.24) is 4.98 Å². The molecule has 1 N–H and O–H groups in total. The third-order valence-electron chi connectivity index (χ3n) is 3.18. The molecule has 1 aromatic heterocycles. The van der Waals surface area contributed by atoms with Crippen LogP contribution in [0.5, 0.6) is 0 Å². The molecule has 6 heteroatoms. The molecule has 2 aromatic rings. The lowest BCUT2D eigenvalue weighted by Crippen LogP contribution is -2.17. The van der Waals surface area contributed by atoms with Gasteiger partial charge >= 0.3 is 5.97 Å². The van der Waals surface area contributed by atoms with E-state index < -0.39 is 5.97 Å². The highest BCUT2D eigenvalue weighted by atomic mass is 35.5. The van der Waals surface area contributed by atoms with Gasteiger partial charge in [-0.2, -0.15) is 0 Å². The van der Waals surface area contributed by atoms with Gasteiger partial charge in [0, 0.05) is 23.1 Å². The first-order chi connectivity index (χ1) is 9.09. The van der Waals surface area contributed by atoms with E-state index in [1.54, 1.807) is 12.1 Å². The van der Waals surface area contributed by atoms with E-state index in [0.717, 1.165) is 5.69 Å². The second-order valence-corrected chi connectivity index (χ2v) is 5.06. The summed E-state index contributed by atoms with van der Waals surface area (Å²) in [5, 5.41) is 10.6. The van der Waals surface area contributed by atoms with Gasteiger partial charge in [0.1, 0.15) is 0 Å². The number of hydrogen-bond donors (Lipinski definition) is 1. The van der Waals surface area contributed by atoms with Crippen LogP contribution in [0.15, 0.2) is 12.1 Å². The summed E-state index contributed by atoms with van der Waals surface area (Å²) in [7, 11) is 0. The highest BCUT2D eigenvalue weighted by Gasteiger charge is 2.24. The molecule has 0 bridgehead atoms. The molecule has 98 valence electrons. The Labute approximate surface area is 118 Å². The molecule has 2 heterocycles. The van der Waals surface area contributed by atoms with Crippen molar-refractivity contribution >= 4 is 40.1 Å². The molecule has 0 amide bonds. The number of halogens is 2. The van der Waals surface area contributed by atoms with Crippen molar-refractivity contribution in [2.24, 2.45) is 0 Å².